The molecule has 2 aromatic rings. The lowest BCUT2D eigenvalue weighted by Crippen LogP contribution is -2.13. The van der Waals surface area contributed by atoms with Gasteiger partial charge in [-0.05, 0) is 67.6 Å². The number of benzene rings is 1. The van der Waals surface area contributed by atoms with Gasteiger partial charge in [0.15, 0.2) is 0 Å². The van der Waals surface area contributed by atoms with Gasteiger partial charge < -0.3 is 0 Å². The maximum atomic E-state index is 4.35. The molecule has 146 valence electrons. The monoisotopic (exact) mass is 372 g/mol. The minimum absolute atomic E-state index is 0.575. The Kier molecular flexibility index (Phi) is 7.85. The number of nitrogens with zero attached hydrogens (tertiary/aromatic N) is 2. The minimum atomic E-state index is 0.575. The van der Waals surface area contributed by atoms with E-state index < -0.39 is 0 Å². The molecule has 1 aliphatic rings. The number of allylic oxidation sites excluding steroid dienone is 1. The predicted molar refractivity (Wildman–Crippen MR) is 118 cm³/mol. The average Bonchev–Trinajstić information content (AvgIpc) is 2.75. The van der Waals surface area contributed by atoms with E-state index in [2.05, 4.69) is 72.1 Å². The zero-order valence-corrected chi connectivity index (χ0v) is 17.3. The van der Waals surface area contributed by atoms with E-state index in [4.69, 9.17) is 0 Å². The van der Waals surface area contributed by atoms with Crippen molar-refractivity contribution in [1.29, 1.82) is 0 Å². The van der Waals surface area contributed by atoms with E-state index in [1.54, 1.807) is 0 Å². The lowest BCUT2D eigenvalue weighted by atomic mass is 9.77. The van der Waals surface area contributed by atoms with E-state index in [0.717, 1.165) is 35.8 Å². The highest BCUT2D eigenvalue weighted by Gasteiger charge is 2.21. The van der Waals surface area contributed by atoms with Gasteiger partial charge in [-0.2, -0.15) is 0 Å². The molecule has 0 aliphatic heterocycles. The molecule has 1 saturated carbocycles. The smallest absolute Gasteiger partial charge is 0.205 e. The molecule has 1 aromatic heterocycles. The van der Waals surface area contributed by atoms with Crippen molar-refractivity contribution in [2.24, 2.45) is 5.92 Å². The summed E-state index contributed by atoms with van der Waals surface area (Å²) in [6.07, 6.45) is 18.3. The van der Waals surface area contributed by atoms with Gasteiger partial charge in [-0.1, -0.05) is 63.3 Å². The van der Waals surface area contributed by atoms with Crippen LogP contribution in [0.2, 0.25) is 0 Å². The van der Waals surface area contributed by atoms with E-state index >= 15 is 0 Å². The molecule has 2 nitrogen and oxygen atoms in total. The summed E-state index contributed by atoms with van der Waals surface area (Å²) in [6.45, 7) is 4.47. The van der Waals surface area contributed by atoms with Crippen LogP contribution in [0.3, 0.4) is 0 Å². The molecule has 0 atom stereocenters. The first-order valence-electron chi connectivity index (χ1n) is 10.9. The van der Waals surface area contributed by atoms with Crippen molar-refractivity contribution in [1.82, 2.24) is 9.97 Å². The summed E-state index contributed by atoms with van der Waals surface area (Å²) < 4.78 is 0. The highest BCUT2D eigenvalue weighted by Crippen LogP contribution is 2.37. The van der Waals surface area contributed by atoms with Crippen molar-refractivity contribution >= 4 is 6.08 Å². The van der Waals surface area contributed by atoms with Gasteiger partial charge in [-0.15, -0.1) is 0 Å². The normalized spacial score (nSPS) is 19.4. The number of hydrogen-bond donors (Lipinski definition) is 0. The van der Waals surface area contributed by atoms with Crippen LogP contribution in [0.4, 0.5) is 0 Å². The Morgan fingerprint density at radius 2 is 1.64 bits per heavy atom. The van der Waals surface area contributed by atoms with Crippen molar-refractivity contribution in [3.63, 3.8) is 0 Å². The molecule has 3 rings (SSSR count). The van der Waals surface area contributed by atoms with Crippen LogP contribution in [-0.2, 0) is 0 Å². The van der Waals surface area contributed by atoms with Crippen LogP contribution in [0.1, 0.15) is 93.6 Å². The van der Waals surface area contributed by atoms with Crippen molar-refractivity contribution in [2.75, 3.05) is 0 Å². The fraction of sp³-hybridized carbons (Fsp3) is 0.462. The molecule has 0 unspecified atom stereocenters. The van der Waals surface area contributed by atoms with E-state index in [-0.39, 0.29) is 0 Å². The Morgan fingerprint density at radius 3 is 2.29 bits per heavy atom. The summed E-state index contributed by atoms with van der Waals surface area (Å²) in [5, 5.41) is 0. The van der Waals surface area contributed by atoms with Gasteiger partial charge in [0.1, 0.15) is 0 Å². The van der Waals surface area contributed by atoms with Crippen molar-refractivity contribution < 1.29 is 0 Å². The van der Waals surface area contributed by atoms with Crippen LogP contribution in [0.25, 0.3) is 6.08 Å². The minimum Gasteiger partial charge on any atom is -0.229 e. The lowest BCUT2D eigenvalue weighted by molar-refractivity contribution is 0.308. The molecule has 0 bridgehead atoms. The first-order valence-corrected chi connectivity index (χ1v) is 10.9. The fourth-order valence-corrected chi connectivity index (χ4v) is 4.03. The van der Waals surface area contributed by atoms with Gasteiger partial charge in [0.05, 0.1) is 0 Å². The van der Waals surface area contributed by atoms with Crippen LogP contribution >= 0.6 is 0 Å². The molecular weight excluding hydrogens is 340 g/mol. The summed E-state index contributed by atoms with van der Waals surface area (Å²) in [7, 11) is 0. The third-order valence-electron chi connectivity index (χ3n) is 5.68. The van der Waals surface area contributed by atoms with Gasteiger partial charge in [-0.3, -0.25) is 0 Å². The molecule has 0 radical (unpaired) electrons. The second-order valence-corrected chi connectivity index (χ2v) is 7.91. The highest BCUT2D eigenvalue weighted by molar-refractivity contribution is 5.47. The van der Waals surface area contributed by atoms with Crippen LogP contribution < -0.4 is 0 Å². The first-order chi connectivity index (χ1) is 13.8. The van der Waals surface area contributed by atoms with Gasteiger partial charge >= 0.3 is 0 Å². The first kappa shape index (κ1) is 20.3. The Labute approximate surface area is 170 Å². The van der Waals surface area contributed by atoms with Crippen LogP contribution in [0.5, 0.6) is 0 Å². The molecule has 1 aliphatic carbocycles. The number of rotatable bonds is 6. The third-order valence-corrected chi connectivity index (χ3v) is 5.68. The Morgan fingerprint density at radius 1 is 0.929 bits per heavy atom. The lowest BCUT2D eigenvalue weighted by Gasteiger charge is -2.28. The van der Waals surface area contributed by atoms with Gasteiger partial charge in [-0.25, -0.2) is 9.97 Å². The molecule has 1 heterocycles. The topological polar surface area (TPSA) is 25.8 Å². The molecule has 28 heavy (non-hydrogen) atoms. The SMILES string of the molecule is CCC/C=C/c1cnc(C#Cc2ccc([C@H]3CC[C@H](CCC)CC3)cc2)nc1. The largest absolute Gasteiger partial charge is 0.229 e. The van der Waals surface area contributed by atoms with Crippen LogP contribution in [0.15, 0.2) is 42.7 Å². The zero-order valence-electron chi connectivity index (χ0n) is 17.3. The summed E-state index contributed by atoms with van der Waals surface area (Å²) in [5.74, 6) is 8.53. The third kappa shape index (κ3) is 6.06. The summed E-state index contributed by atoms with van der Waals surface area (Å²) in [5.41, 5.74) is 3.52. The van der Waals surface area contributed by atoms with Crippen LogP contribution in [0, 0.1) is 17.8 Å². The predicted octanol–water partition coefficient (Wildman–Crippen LogP) is 6.76. The standard InChI is InChI=1S/C26H32N2/c1-3-5-6-8-23-19-27-26(28-20-23)18-13-22-11-16-25(17-12-22)24-14-9-21(7-4-2)10-15-24/h6,8,11-12,16-17,19-21,24H,3-5,7,9-10,14-15H2,1-2H3/b8-6+/t21-,24-. The molecule has 1 fully saturated rings. The second-order valence-electron chi connectivity index (χ2n) is 7.91. The molecule has 2 heteroatoms. The van der Waals surface area contributed by atoms with Crippen molar-refractivity contribution in [2.45, 2.75) is 71.1 Å². The summed E-state index contributed by atoms with van der Waals surface area (Å²) >= 11 is 0. The maximum Gasteiger partial charge on any atom is 0.205 e. The Hall–Kier alpha value is -2.40. The Balaban J connectivity index is 1.56. The molecular formula is C26H32N2. The number of hydrogen-bond acceptors (Lipinski definition) is 2. The molecule has 0 amide bonds. The van der Waals surface area contributed by atoms with Gasteiger partial charge in [0, 0.05) is 23.5 Å². The van der Waals surface area contributed by atoms with E-state index in [1.807, 2.05) is 12.4 Å². The maximum absolute atomic E-state index is 4.35. The number of unbranched alkanes of at least 4 members (excludes halogenated alkanes) is 1. The zero-order chi connectivity index (χ0) is 19.6. The van der Waals surface area contributed by atoms with Crippen LogP contribution in [-0.4, -0.2) is 9.97 Å². The van der Waals surface area contributed by atoms with E-state index in [9.17, 15) is 0 Å². The average molecular weight is 373 g/mol. The number of aromatic nitrogens is 2. The summed E-state index contributed by atoms with van der Waals surface area (Å²) in [4.78, 5) is 8.70. The highest BCUT2D eigenvalue weighted by atomic mass is 14.8. The van der Waals surface area contributed by atoms with E-state index in [1.165, 1.54) is 44.1 Å². The van der Waals surface area contributed by atoms with Gasteiger partial charge in [0.25, 0.3) is 0 Å². The summed E-state index contributed by atoms with van der Waals surface area (Å²) in [6, 6.07) is 8.80. The molecule has 0 spiro atoms. The molecule has 0 N–H and O–H groups in total. The van der Waals surface area contributed by atoms with Crippen molar-refractivity contribution in [3.8, 4) is 11.8 Å². The fourth-order valence-electron chi connectivity index (χ4n) is 4.03. The van der Waals surface area contributed by atoms with Crippen molar-refractivity contribution in [3.05, 3.63) is 65.2 Å². The quantitative estimate of drug-likeness (QED) is 0.523. The Bertz CT molecular complexity index is 798. The molecule has 1 aromatic carbocycles. The van der Waals surface area contributed by atoms with E-state index in [0.29, 0.717) is 5.82 Å². The van der Waals surface area contributed by atoms with Gasteiger partial charge in [0.2, 0.25) is 5.82 Å². The molecule has 0 saturated heterocycles. The second kappa shape index (κ2) is 10.8.